The molecule has 1 atom stereocenters. The predicted molar refractivity (Wildman–Crippen MR) is 114 cm³/mol. The zero-order chi connectivity index (χ0) is 24.2. The Balaban J connectivity index is 2.04. The first-order valence-corrected chi connectivity index (χ1v) is 9.77. The summed E-state index contributed by atoms with van der Waals surface area (Å²) in [6, 6.07) is 9.59. The highest BCUT2D eigenvalue weighted by atomic mass is 19.4. The van der Waals surface area contributed by atoms with Gasteiger partial charge in [0, 0.05) is 17.7 Å². The number of ether oxygens (including phenoxy) is 1. The molecule has 8 nitrogen and oxygen atoms in total. The summed E-state index contributed by atoms with van der Waals surface area (Å²) < 4.78 is 55.3. The lowest BCUT2D eigenvalue weighted by molar-refractivity contribution is -0.384. The molecule has 0 aliphatic rings. The molecule has 33 heavy (non-hydrogen) atoms. The Hall–Kier alpha value is -3.96. The van der Waals surface area contributed by atoms with E-state index in [-0.39, 0.29) is 29.2 Å². The van der Waals surface area contributed by atoms with Gasteiger partial charge < -0.3 is 15.4 Å². The summed E-state index contributed by atoms with van der Waals surface area (Å²) >= 11 is 0. The number of alkyl halides is 3. The third-order valence-electron chi connectivity index (χ3n) is 4.50. The van der Waals surface area contributed by atoms with Crippen molar-refractivity contribution < 1.29 is 27.2 Å². The molecule has 3 rings (SSSR count). The average Bonchev–Trinajstić information content (AvgIpc) is 2.73. The van der Waals surface area contributed by atoms with Crippen molar-refractivity contribution in [2.24, 2.45) is 0 Å². The van der Waals surface area contributed by atoms with E-state index in [2.05, 4.69) is 25.3 Å². The first kappa shape index (κ1) is 23.7. The molecule has 174 valence electrons. The number of nitrogens with zero attached hydrogens (tertiary/aromatic N) is 3. The smallest absolute Gasteiger partial charge is 0.406 e. The second kappa shape index (κ2) is 9.67. The van der Waals surface area contributed by atoms with E-state index in [1.807, 2.05) is 13.8 Å². The van der Waals surface area contributed by atoms with Crippen molar-refractivity contribution in [3.8, 4) is 17.0 Å². The van der Waals surface area contributed by atoms with Gasteiger partial charge in [0.25, 0.3) is 5.69 Å². The van der Waals surface area contributed by atoms with Crippen molar-refractivity contribution in [1.82, 2.24) is 9.97 Å². The van der Waals surface area contributed by atoms with Gasteiger partial charge in [-0.1, -0.05) is 19.1 Å². The van der Waals surface area contributed by atoms with Gasteiger partial charge in [-0.15, -0.1) is 13.2 Å². The topological polar surface area (TPSA) is 102 Å². The average molecular weight is 465 g/mol. The van der Waals surface area contributed by atoms with E-state index in [0.29, 0.717) is 5.56 Å². The number of aromatic nitrogens is 2. The first-order valence-electron chi connectivity index (χ1n) is 9.77. The molecular formula is C21H19F4N5O3. The Morgan fingerprint density at radius 3 is 2.58 bits per heavy atom. The van der Waals surface area contributed by atoms with Gasteiger partial charge in [0.15, 0.2) is 0 Å². The molecule has 0 fully saturated rings. The van der Waals surface area contributed by atoms with Crippen LogP contribution in [0, 0.1) is 15.9 Å². The van der Waals surface area contributed by atoms with E-state index in [1.165, 1.54) is 24.3 Å². The maximum Gasteiger partial charge on any atom is 0.573 e. The molecule has 0 bridgehead atoms. The predicted octanol–water partition coefficient (Wildman–Crippen LogP) is 6.04. The lowest BCUT2D eigenvalue weighted by Gasteiger charge is -2.15. The number of rotatable bonds is 8. The minimum Gasteiger partial charge on any atom is -0.406 e. The first-order chi connectivity index (χ1) is 15.5. The summed E-state index contributed by atoms with van der Waals surface area (Å²) in [5, 5.41) is 17.1. The van der Waals surface area contributed by atoms with Gasteiger partial charge in [-0.05, 0) is 37.6 Å². The van der Waals surface area contributed by atoms with Crippen molar-refractivity contribution in [1.29, 1.82) is 0 Å². The zero-order valence-corrected chi connectivity index (χ0v) is 17.5. The maximum absolute atomic E-state index is 13.5. The van der Waals surface area contributed by atoms with Crippen LogP contribution in [0.25, 0.3) is 11.3 Å². The fraction of sp³-hybridized carbons (Fsp3) is 0.238. The van der Waals surface area contributed by atoms with Crippen LogP contribution in [0.5, 0.6) is 5.75 Å². The summed E-state index contributed by atoms with van der Waals surface area (Å²) in [5.41, 5.74) is 0.000525. The largest absolute Gasteiger partial charge is 0.573 e. The standard InChI is InChI=1S/C21H19F4N5O3/c1-3-12(2)26-20-28-17(13-5-4-6-15(9-13)33-21(23,24)25)11-19(29-20)27-16-8-7-14(22)10-18(16)30(31)32/h4-12H,3H2,1-2H3,(H2,26,27,28,29)/t12-/m1/s1. The summed E-state index contributed by atoms with van der Waals surface area (Å²) in [4.78, 5) is 19.2. The second-order valence-electron chi connectivity index (χ2n) is 7.03. The quantitative estimate of drug-likeness (QED) is 0.237. The van der Waals surface area contributed by atoms with Crippen LogP contribution in [0.2, 0.25) is 0 Å². The van der Waals surface area contributed by atoms with Gasteiger partial charge in [0.2, 0.25) is 5.95 Å². The van der Waals surface area contributed by atoms with Crippen LogP contribution in [0.4, 0.5) is 40.7 Å². The molecule has 3 aromatic rings. The van der Waals surface area contributed by atoms with Gasteiger partial charge >= 0.3 is 6.36 Å². The number of anilines is 3. The van der Waals surface area contributed by atoms with Crippen LogP contribution in [-0.4, -0.2) is 27.3 Å². The highest BCUT2D eigenvalue weighted by Gasteiger charge is 2.31. The van der Waals surface area contributed by atoms with Crippen LogP contribution >= 0.6 is 0 Å². The van der Waals surface area contributed by atoms with E-state index in [4.69, 9.17) is 0 Å². The van der Waals surface area contributed by atoms with Crippen LogP contribution in [-0.2, 0) is 0 Å². The summed E-state index contributed by atoms with van der Waals surface area (Å²) in [5.74, 6) is -0.950. The van der Waals surface area contributed by atoms with Gasteiger partial charge in [0.1, 0.15) is 23.1 Å². The highest BCUT2D eigenvalue weighted by molar-refractivity contribution is 5.72. The lowest BCUT2D eigenvalue weighted by atomic mass is 10.1. The molecule has 0 aliphatic carbocycles. The fourth-order valence-corrected chi connectivity index (χ4v) is 2.80. The number of hydrogen-bond acceptors (Lipinski definition) is 7. The second-order valence-corrected chi connectivity index (χ2v) is 7.03. The van der Waals surface area contributed by atoms with Crippen LogP contribution < -0.4 is 15.4 Å². The normalized spacial score (nSPS) is 12.2. The monoisotopic (exact) mass is 465 g/mol. The Morgan fingerprint density at radius 2 is 1.91 bits per heavy atom. The molecular weight excluding hydrogens is 446 g/mol. The third-order valence-corrected chi connectivity index (χ3v) is 4.50. The van der Waals surface area contributed by atoms with Crippen molar-refractivity contribution in [3.05, 3.63) is 64.5 Å². The van der Waals surface area contributed by atoms with E-state index in [0.717, 1.165) is 30.7 Å². The van der Waals surface area contributed by atoms with E-state index >= 15 is 0 Å². The van der Waals surface area contributed by atoms with Crippen molar-refractivity contribution in [2.75, 3.05) is 10.6 Å². The van der Waals surface area contributed by atoms with Gasteiger partial charge in [-0.2, -0.15) is 4.98 Å². The molecule has 0 amide bonds. The number of benzene rings is 2. The molecule has 1 heterocycles. The van der Waals surface area contributed by atoms with E-state index < -0.39 is 28.5 Å². The molecule has 0 unspecified atom stereocenters. The number of nitro benzene ring substituents is 1. The number of nitrogens with one attached hydrogen (secondary N) is 2. The minimum absolute atomic E-state index is 0.0188. The molecule has 0 radical (unpaired) electrons. The van der Waals surface area contributed by atoms with Gasteiger partial charge in [-0.3, -0.25) is 10.1 Å². The van der Waals surface area contributed by atoms with Gasteiger partial charge in [-0.25, -0.2) is 9.37 Å². The Morgan fingerprint density at radius 1 is 1.15 bits per heavy atom. The Labute approximate surface area is 185 Å². The lowest BCUT2D eigenvalue weighted by Crippen LogP contribution is -2.17. The SMILES string of the molecule is CC[C@@H](C)Nc1nc(Nc2ccc(F)cc2[N+](=O)[O-])cc(-c2cccc(OC(F)(F)F)c2)n1. The molecule has 0 saturated carbocycles. The van der Waals surface area contributed by atoms with Crippen molar-refractivity contribution in [3.63, 3.8) is 0 Å². The van der Waals surface area contributed by atoms with Crippen LogP contribution in [0.1, 0.15) is 20.3 Å². The molecule has 0 aliphatic heterocycles. The van der Waals surface area contributed by atoms with E-state index in [1.54, 1.807) is 0 Å². The summed E-state index contributed by atoms with van der Waals surface area (Å²) in [6.07, 6.45) is -4.13. The fourth-order valence-electron chi connectivity index (χ4n) is 2.80. The summed E-state index contributed by atoms with van der Waals surface area (Å²) in [7, 11) is 0. The van der Waals surface area contributed by atoms with Gasteiger partial charge in [0.05, 0.1) is 16.7 Å². The molecule has 2 N–H and O–H groups in total. The van der Waals surface area contributed by atoms with Crippen molar-refractivity contribution in [2.45, 2.75) is 32.7 Å². The molecule has 12 heteroatoms. The van der Waals surface area contributed by atoms with Crippen LogP contribution in [0.3, 0.4) is 0 Å². The highest BCUT2D eigenvalue weighted by Crippen LogP contribution is 2.31. The minimum atomic E-state index is -4.86. The Bertz CT molecular complexity index is 1160. The molecule has 2 aromatic carbocycles. The number of hydrogen-bond donors (Lipinski definition) is 2. The number of nitro groups is 1. The summed E-state index contributed by atoms with van der Waals surface area (Å²) in [6.45, 7) is 3.81. The van der Waals surface area contributed by atoms with Crippen molar-refractivity contribution >= 4 is 23.1 Å². The third kappa shape index (κ3) is 6.51. The van der Waals surface area contributed by atoms with E-state index in [9.17, 15) is 27.7 Å². The number of halogens is 4. The molecule has 0 saturated heterocycles. The van der Waals surface area contributed by atoms with Crippen LogP contribution in [0.15, 0.2) is 48.5 Å². The Kier molecular flexibility index (Phi) is 6.95. The maximum atomic E-state index is 13.5. The zero-order valence-electron chi connectivity index (χ0n) is 17.5. The molecule has 1 aromatic heterocycles. The molecule has 0 spiro atoms.